The summed E-state index contributed by atoms with van der Waals surface area (Å²) in [4.78, 5) is 4.98. The Labute approximate surface area is 123 Å². The Morgan fingerprint density at radius 1 is 1.25 bits per heavy atom. The van der Waals surface area contributed by atoms with Crippen LogP contribution in [0.3, 0.4) is 0 Å². The van der Waals surface area contributed by atoms with Gasteiger partial charge in [-0.3, -0.25) is 0 Å². The molecule has 2 rings (SSSR count). The Hall–Kier alpha value is -1.06. The van der Waals surface area contributed by atoms with Crippen LogP contribution in [0, 0.1) is 0 Å². The molecule has 0 aliphatic carbocycles. The van der Waals surface area contributed by atoms with Crippen molar-refractivity contribution in [3.8, 4) is 0 Å². The molecule has 1 atom stereocenters. The van der Waals surface area contributed by atoms with Gasteiger partial charge in [0.1, 0.15) is 0 Å². The van der Waals surface area contributed by atoms with Crippen LogP contribution in [0.25, 0.3) is 0 Å². The average Bonchev–Trinajstić information content (AvgIpc) is 2.47. The van der Waals surface area contributed by atoms with Gasteiger partial charge in [-0.1, -0.05) is 19.1 Å². The molecule has 3 nitrogen and oxygen atoms in total. The lowest BCUT2D eigenvalue weighted by molar-refractivity contribution is 0.221. The van der Waals surface area contributed by atoms with Gasteiger partial charge in [0, 0.05) is 37.9 Å². The number of piperidine rings is 1. The zero-order chi connectivity index (χ0) is 14.5. The molecule has 0 bridgehead atoms. The third kappa shape index (κ3) is 3.97. The summed E-state index contributed by atoms with van der Waals surface area (Å²) in [5, 5.41) is 0. The number of anilines is 1. The number of hydrogen-bond acceptors (Lipinski definition) is 3. The van der Waals surface area contributed by atoms with E-state index in [0.29, 0.717) is 6.04 Å². The van der Waals surface area contributed by atoms with Gasteiger partial charge in [0.2, 0.25) is 0 Å². The van der Waals surface area contributed by atoms with Crippen molar-refractivity contribution in [1.82, 2.24) is 4.90 Å². The van der Waals surface area contributed by atoms with Crippen LogP contribution in [0.15, 0.2) is 24.3 Å². The van der Waals surface area contributed by atoms with E-state index in [4.69, 9.17) is 5.73 Å². The monoisotopic (exact) mass is 275 g/mol. The van der Waals surface area contributed by atoms with Crippen LogP contribution >= 0.6 is 0 Å². The predicted octanol–water partition coefficient (Wildman–Crippen LogP) is 2.50. The first kappa shape index (κ1) is 15.3. The van der Waals surface area contributed by atoms with Crippen LogP contribution in [0.5, 0.6) is 0 Å². The second kappa shape index (κ2) is 7.09. The van der Waals surface area contributed by atoms with Gasteiger partial charge >= 0.3 is 0 Å². The molecule has 1 fully saturated rings. The van der Waals surface area contributed by atoms with Crippen molar-refractivity contribution in [2.24, 2.45) is 5.73 Å². The van der Waals surface area contributed by atoms with E-state index in [-0.39, 0.29) is 6.04 Å². The fourth-order valence-electron chi connectivity index (χ4n) is 3.07. The highest BCUT2D eigenvalue weighted by molar-refractivity contribution is 5.48. The quantitative estimate of drug-likeness (QED) is 0.896. The second-order valence-electron chi connectivity index (χ2n) is 6.12. The molecule has 20 heavy (non-hydrogen) atoms. The maximum Gasteiger partial charge on any atom is 0.0366 e. The molecule has 1 aromatic carbocycles. The van der Waals surface area contributed by atoms with E-state index in [1.165, 1.54) is 43.7 Å². The summed E-state index contributed by atoms with van der Waals surface area (Å²) >= 11 is 0. The summed E-state index contributed by atoms with van der Waals surface area (Å²) in [6.07, 6.45) is 3.50. The van der Waals surface area contributed by atoms with Crippen molar-refractivity contribution in [3.63, 3.8) is 0 Å². The van der Waals surface area contributed by atoms with E-state index in [2.05, 4.69) is 55.0 Å². The van der Waals surface area contributed by atoms with Crippen LogP contribution in [0.2, 0.25) is 0 Å². The predicted molar refractivity (Wildman–Crippen MR) is 87.3 cm³/mol. The van der Waals surface area contributed by atoms with Crippen molar-refractivity contribution < 1.29 is 0 Å². The highest BCUT2D eigenvalue weighted by Gasteiger charge is 2.21. The second-order valence-corrected chi connectivity index (χ2v) is 6.12. The molecular formula is C17H29N3. The van der Waals surface area contributed by atoms with Gasteiger partial charge in [-0.15, -0.1) is 0 Å². The Morgan fingerprint density at radius 2 is 1.85 bits per heavy atom. The fraction of sp³-hybridized carbons (Fsp3) is 0.647. The van der Waals surface area contributed by atoms with E-state index < -0.39 is 0 Å². The Kier molecular flexibility index (Phi) is 5.44. The van der Waals surface area contributed by atoms with Crippen molar-refractivity contribution in [3.05, 3.63) is 29.8 Å². The summed E-state index contributed by atoms with van der Waals surface area (Å²) in [5.41, 5.74) is 8.51. The van der Waals surface area contributed by atoms with Crippen LogP contribution in [0.1, 0.15) is 32.3 Å². The molecule has 1 saturated heterocycles. The summed E-state index contributed by atoms with van der Waals surface area (Å²) in [7, 11) is 2.23. The van der Waals surface area contributed by atoms with Gasteiger partial charge in [0.25, 0.3) is 0 Å². The molecule has 1 unspecified atom stereocenters. The summed E-state index contributed by atoms with van der Waals surface area (Å²) in [6, 6.07) is 9.83. The molecule has 1 aliphatic rings. The van der Waals surface area contributed by atoms with Crippen LogP contribution in [0.4, 0.5) is 5.69 Å². The highest BCUT2D eigenvalue weighted by atomic mass is 15.2. The molecule has 0 saturated carbocycles. The lowest BCUT2D eigenvalue weighted by Crippen LogP contribution is -2.43. The number of rotatable bonds is 5. The number of likely N-dealkylation sites (tertiary alicyclic amines) is 1. The zero-order valence-corrected chi connectivity index (χ0v) is 13.2. The molecule has 0 aromatic heterocycles. The minimum absolute atomic E-state index is 0.233. The lowest BCUT2D eigenvalue weighted by Gasteiger charge is -2.37. The Balaban J connectivity index is 1.94. The van der Waals surface area contributed by atoms with Gasteiger partial charge < -0.3 is 15.5 Å². The minimum atomic E-state index is 0.233. The van der Waals surface area contributed by atoms with Crippen LogP contribution < -0.4 is 10.6 Å². The maximum atomic E-state index is 5.85. The van der Waals surface area contributed by atoms with Gasteiger partial charge in [-0.2, -0.15) is 0 Å². The first-order chi connectivity index (χ1) is 9.60. The third-order valence-electron chi connectivity index (χ3n) is 4.45. The first-order valence-corrected chi connectivity index (χ1v) is 7.90. The molecule has 1 heterocycles. The van der Waals surface area contributed by atoms with E-state index in [1.807, 2.05) is 0 Å². The maximum absolute atomic E-state index is 5.85. The van der Waals surface area contributed by atoms with Crippen LogP contribution in [-0.2, 0) is 6.42 Å². The van der Waals surface area contributed by atoms with Gasteiger partial charge in [-0.25, -0.2) is 0 Å². The van der Waals surface area contributed by atoms with Gasteiger partial charge in [0.05, 0.1) is 0 Å². The van der Waals surface area contributed by atoms with Crippen molar-refractivity contribution in [1.29, 1.82) is 0 Å². The first-order valence-electron chi connectivity index (χ1n) is 7.90. The van der Waals surface area contributed by atoms with E-state index in [9.17, 15) is 0 Å². The Morgan fingerprint density at radius 3 is 2.35 bits per heavy atom. The summed E-state index contributed by atoms with van der Waals surface area (Å²) in [6.45, 7) is 7.95. The molecule has 1 aromatic rings. The number of hydrogen-bond donors (Lipinski definition) is 1. The fourth-order valence-corrected chi connectivity index (χ4v) is 3.07. The summed E-state index contributed by atoms with van der Waals surface area (Å²) in [5.74, 6) is 0. The van der Waals surface area contributed by atoms with E-state index in [0.717, 1.165) is 6.42 Å². The number of benzene rings is 1. The molecule has 0 amide bonds. The van der Waals surface area contributed by atoms with E-state index in [1.54, 1.807) is 0 Å². The molecule has 112 valence electrons. The molecule has 3 heteroatoms. The molecule has 2 N–H and O–H groups in total. The van der Waals surface area contributed by atoms with Crippen LogP contribution in [-0.4, -0.2) is 43.7 Å². The third-order valence-corrected chi connectivity index (χ3v) is 4.45. The molecular weight excluding hydrogens is 246 g/mol. The van der Waals surface area contributed by atoms with E-state index >= 15 is 0 Å². The standard InChI is InChI=1S/C17H29N3/c1-4-20-11-9-17(10-12-20)19(3)16-7-5-15(6-8-16)13-14(2)18/h5-8,14,17H,4,9-13,18H2,1-3H3. The molecule has 1 aliphatic heterocycles. The van der Waals surface area contributed by atoms with Crippen molar-refractivity contribution >= 4 is 5.69 Å². The number of nitrogens with two attached hydrogens (primary N) is 1. The number of nitrogens with zero attached hydrogens (tertiary/aromatic N) is 2. The minimum Gasteiger partial charge on any atom is -0.372 e. The SMILES string of the molecule is CCN1CCC(N(C)c2ccc(CC(C)N)cc2)CC1. The normalized spacial score (nSPS) is 19.0. The van der Waals surface area contributed by atoms with Gasteiger partial charge in [0.15, 0.2) is 0 Å². The molecule has 0 spiro atoms. The topological polar surface area (TPSA) is 32.5 Å². The van der Waals surface area contributed by atoms with Crippen molar-refractivity contribution in [2.75, 3.05) is 31.6 Å². The lowest BCUT2D eigenvalue weighted by atomic mass is 10.0. The summed E-state index contributed by atoms with van der Waals surface area (Å²) < 4.78 is 0. The van der Waals surface area contributed by atoms with Crippen molar-refractivity contribution in [2.45, 2.75) is 45.2 Å². The largest absolute Gasteiger partial charge is 0.372 e. The zero-order valence-electron chi connectivity index (χ0n) is 13.2. The highest BCUT2D eigenvalue weighted by Crippen LogP contribution is 2.22. The smallest absolute Gasteiger partial charge is 0.0366 e. The Bertz CT molecular complexity index is 391. The molecule has 0 radical (unpaired) electrons. The average molecular weight is 275 g/mol. The van der Waals surface area contributed by atoms with Gasteiger partial charge in [-0.05, 0) is 50.4 Å².